The third kappa shape index (κ3) is 5.56. The first-order valence-electron chi connectivity index (χ1n) is 8.64. The van der Waals surface area contributed by atoms with Crippen molar-refractivity contribution >= 4 is 33.2 Å². The van der Waals surface area contributed by atoms with Gasteiger partial charge in [-0.3, -0.25) is 0 Å². The molecule has 4 nitrogen and oxygen atoms in total. The van der Waals surface area contributed by atoms with Crippen molar-refractivity contribution in [2.45, 2.75) is 17.8 Å². The minimum Gasteiger partial charge on any atom is -0.322 e. The molecule has 3 aromatic rings. The van der Waals surface area contributed by atoms with Gasteiger partial charge in [-0.15, -0.1) is 0 Å². The van der Waals surface area contributed by atoms with Crippen LogP contribution in [0.3, 0.4) is 0 Å². The average molecular weight is 435 g/mol. The Morgan fingerprint density at radius 2 is 1.32 bits per heavy atom. The van der Waals surface area contributed by atoms with Crippen LogP contribution in [0, 0.1) is 0 Å². The third-order valence-corrected chi connectivity index (χ3v) is 6.05. The number of nitrogens with one attached hydrogen (secondary N) is 1. The van der Waals surface area contributed by atoms with Gasteiger partial charge in [-0.25, -0.2) is 13.1 Å². The van der Waals surface area contributed by atoms with E-state index in [0.717, 1.165) is 11.1 Å². The van der Waals surface area contributed by atoms with Crippen LogP contribution in [0.25, 0.3) is 0 Å². The second-order valence-corrected chi connectivity index (χ2v) is 9.11. The molecule has 0 spiro atoms. The zero-order valence-corrected chi connectivity index (χ0v) is 17.3. The lowest BCUT2D eigenvalue weighted by atomic mass is 9.95. The van der Waals surface area contributed by atoms with Crippen molar-refractivity contribution in [3.05, 3.63) is 106 Å². The zero-order chi connectivity index (χ0) is 20.1. The number of benzene rings is 3. The molecule has 0 aliphatic heterocycles. The number of sulfonamides is 1. The molecule has 2 atom stereocenters. The summed E-state index contributed by atoms with van der Waals surface area (Å²) >= 11 is 12.0. The Morgan fingerprint density at radius 3 is 1.86 bits per heavy atom. The summed E-state index contributed by atoms with van der Waals surface area (Å²) in [4.78, 5) is 0. The topological polar surface area (TPSA) is 72.2 Å². The zero-order valence-electron chi connectivity index (χ0n) is 14.9. The number of nitrogens with two attached hydrogens (primary N) is 1. The van der Waals surface area contributed by atoms with Gasteiger partial charge in [0.05, 0.1) is 17.8 Å². The molecule has 0 aliphatic rings. The summed E-state index contributed by atoms with van der Waals surface area (Å²) < 4.78 is 28.5. The maximum atomic E-state index is 12.9. The highest BCUT2D eigenvalue weighted by Gasteiger charge is 2.26. The highest BCUT2D eigenvalue weighted by Crippen LogP contribution is 2.28. The van der Waals surface area contributed by atoms with Crippen molar-refractivity contribution in [3.63, 3.8) is 0 Å². The number of rotatable bonds is 7. The molecular formula is C21H20Cl2N2O2S. The van der Waals surface area contributed by atoms with Gasteiger partial charge >= 0.3 is 0 Å². The van der Waals surface area contributed by atoms with Crippen molar-refractivity contribution in [1.29, 1.82) is 0 Å². The summed E-state index contributed by atoms with van der Waals surface area (Å²) in [5.41, 5.74) is 8.58. The number of hydrogen-bond donors (Lipinski definition) is 2. The van der Waals surface area contributed by atoms with Crippen LogP contribution in [0.15, 0.2) is 78.9 Å². The molecule has 146 valence electrons. The van der Waals surface area contributed by atoms with Gasteiger partial charge in [0, 0.05) is 10.0 Å². The smallest absolute Gasteiger partial charge is 0.216 e. The molecule has 0 radical (unpaired) electrons. The predicted octanol–water partition coefficient (Wildman–Crippen LogP) is 4.85. The molecule has 0 aromatic heterocycles. The predicted molar refractivity (Wildman–Crippen MR) is 115 cm³/mol. The van der Waals surface area contributed by atoms with E-state index >= 15 is 0 Å². The van der Waals surface area contributed by atoms with Crippen LogP contribution in [-0.2, 0) is 15.8 Å². The van der Waals surface area contributed by atoms with E-state index in [-0.39, 0.29) is 5.75 Å². The van der Waals surface area contributed by atoms with Crippen molar-refractivity contribution in [1.82, 2.24) is 4.72 Å². The number of halogens is 2. The summed E-state index contributed by atoms with van der Waals surface area (Å²) in [7, 11) is -3.72. The lowest BCUT2D eigenvalue weighted by Crippen LogP contribution is -2.36. The first kappa shape index (κ1) is 20.8. The van der Waals surface area contributed by atoms with Gasteiger partial charge in [-0.2, -0.15) is 0 Å². The van der Waals surface area contributed by atoms with Gasteiger partial charge in [0.15, 0.2) is 0 Å². The van der Waals surface area contributed by atoms with Gasteiger partial charge in [0.1, 0.15) is 0 Å². The normalized spacial score (nSPS) is 13.8. The van der Waals surface area contributed by atoms with E-state index < -0.39 is 22.1 Å². The summed E-state index contributed by atoms with van der Waals surface area (Å²) in [5.74, 6) is -0.252. The summed E-state index contributed by atoms with van der Waals surface area (Å²) in [5, 5.41) is 0.775. The van der Waals surface area contributed by atoms with Crippen molar-refractivity contribution in [2.24, 2.45) is 5.73 Å². The molecule has 0 saturated carbocycles. The average Bonchev–Trinajstić information content (AvgIpc) is 2.66. The Balaban J connectivity index is 1.90. The monoisotopic (exact) mass is 434 g/mol. The SMILES string of the molecule is NC(c1ccccc1)C(NS(=O)(=O)Cc1cc(Cl)cc(Cl)c1)c1ccccc1. The van der Waals surface area contributed by atoms with Gasteiger partial charge in [0.2, 0.25) is 10.0 Å². The van der Waals surface area contributed by atoms with E-state index in [1.807, 2.05) is 60.7 Å². The summed E-state index contributed by atoms with van der Waals surface area (Å²) in [6.45, 7) is 0. The fourth-order valence-corrected chi connectivity index (χ4v) is 4.96. The Kier molecular flexibility index (Phi) is 6.75. The molecule has 2 unspecified atom stereocenters. The standard InChI is InChI=1S/C21H20Cl2N2O2S/c22-18-11-15(12-19(23)13-18)14-28(26,27)25-21(17-9-5-2-6-10-17)20(24)16-7-3-1-4-8-16/h1-13,20-21,25H,14,24H2. The Morgan fingerprint density at radius 1 is 0.821 bits per heavy atom. The van der Waals surface area contributed by atoms with E-state index in [0.29, 0.717) is 15.6 Å². The van der Waals surface area contributed by atoms with Crippen LogP contribution in [-0.4, -0.2) is 8.42 Å². The molecule has 28 heavy (non-hydrogen) atoms. The van der Waals surface area contributed by atoms with Crippen LogP contribution in [0.1, 0.15) is 28.8 Å². The fraction of sp³-hybridized carbons (Fsp3) is 0.143. The molecule has 0 amide bonds. The van der Waals surface area contributed by atoms with Crippen molar-refractivity contribution in [3.8, 4) is 0 Å². The van der Waals surface area contributed by atoms with Crippen LogP contribution in [0.2, 0.25) is 10.0 Å². The Hall–Kier alpha value is -1.89. The molecule has 0 saturated heterocycles. The van der Waals surface area contributed by atoms with Crippen LogP contribution >= 0.6 is 23.2 Å². The fourth-order valence-electron chi connectivity index (χ4n) is 3.03. The molecule has 7 heteroatoms. The molecule has 0 aliphatic carbocycles. The Labute approximate surface area is 175 Å². The lowest BCUT2D eigenvalue weighted by molar-refractivity contribution is 0.503. The quantitative estimate of drug-likeness (QED) is 0.557. The second kappa shape index (κ2) is 9.07. The second-order valence-electron chi connectivity index (χ2n) is 6.48. The maximum absolute atomic E-state index is 12.9. The summed E-state index contributed by atoms with van der Waals surface area (Å²) in [6, 6.07) is 22.2. The van der Waals surface area contributed by atoms with Gasteiger partial charge < -0.3 is 5.73 Å². The van der Waals surface area contributed by atoms with E-state index in [1.165, 1.54) is 0 Å². The number of hydrogen-bond acceptors (Lipinski definition) is 3. The Bertz CT molecular complexity index is 1010. The van der Waals surface area contributed by atoms with Gasteiger partial charge in [-0.1, -0.05) is 83.9 Å². The van der Waals surface area contributed by atoms with Gasteiger partial charge in [-0.05, 0) is 34.9 Å². The van der Waals surface area contributed by atoms with E-state index in [2.05, 4.69) is 4.72 Å². The van der Waals surface area contributed by atoms with Crippen molar-refractivity contribution < 1.29 is 8.42 Å². The van der Waals surface area contributed by atoms with Crippen LogP contribution < -0.4 is 10.5 Å². The first-order chi connectivity index (χ1) is 13.3. The van der Waals surface area contributed by atoms with E-state index in [4.69, 9.17) is 28.9 Å². The van der Waals surface area contributed by atoms with E-state index in [1.54, 1.807) is 18.2 Å². The van der Waals surface area contributed by atoms with Crippen molar-refractivity contribution in [2.75, 3.05) is 0 Å². The maximum Gasteiger partial charge on any atom is 0.216 e. The van der Waals surface area contributed by atoms with Gasteiger partial charge in [0.25, 0.3) is 0 Å². The molecule has 3 rings (SSSR count). The molecule has 0 heterocycles. The molecular weight excluding hydrogens is 415 g/mol. The summed E-state index contributed by atoms with van der Waals surface area (Å²) in [6.07, 6.45) is 0. The van der Waals surface area contributed by atoms with Crippen LogP contribution in [0.4, 0.5) is 0 Å². The molecule has 0 fully saturated rings. The minimum atomic E-state index is -3.72. The molecule has 3 N–H and O–H groups in total. The minimum absolute atomic E-state index is 0.252. The highest BCUT2D eigenvalue weighted by atomic mass is 35.5. The molecule has 0 bridgehead atoms. The third-order valence-electron chi connectivity index (χ3n) is 4.29. The highest BCUT2D eigenvalue weighted by molar-refractivity contribution is 7.88. The first-order valence-corrected chi connectivity index (χ1v) is 11.1. The van der Waals surface area contributed by atoms with Crippen LogP contribution in [0.5, 0.6) is 0 Å². The van der Waals surface area contributed by atoms with E-state index in [9.17, 15) is 8.42 Å². The molecule has 3 aromatic carbocycles. The largest absolute Gasteiger partial charge is 0.322 e. The lowest BCUT2D eigenvalue weighted by Gasteiger charge is -2.26.